The second kappa shape index (κ2) is 3.96. The SMILES string of the molecule is NC1CCN(Cc2csc(Cl)c2)C1. The highest BCUT2D eigenvalue weighted by molar-refractivity contribution is 7.14. The maximum Gasteiger partial charge on any atom is 0.0931 e. The minimum absolute atomic E-state index is 0.370. The van der Waals surface area contributed by atoms with Crippen molar-refractivity contribution in [2.24, 2.45) is 5.73 Å². The molecule has 0 amide bonds. The maximum atomic E-state index is 5.85. The first-order valence-electron chi connectivity index (χ1n) is 4.45. The minimum atomic E-state index is 0.370. The molecule has 1 fully saturated rings. The van der Waals surface area contributed by atoms with Crippen molar-refractivity contribution in [1.82, 2.24) is 4.90 Å². The van der Waals surface area contributed by atoms with Crippen LogP contribution >= 0.6 is 22.9 Å². The van der Waals surface area contributed by atoms with Crippen molar-refractivity contribution in [1.29, 1.82) is 0 Å². The summed E-state index contributed by atoms with van der Waals surface area (Å²) in [7, 11) is 0. The average molecular weight is 217 g/mol. The topological polar surface area (TPSA) is 29.3 Å². The lowest BCUT2D eigenvalue weighted by Gasteiger charge is -2.13. The molecular formula is C9H13ClN2S. The van der Waals surface area contributed by atoms with Crippen LogP contribution in [0.3, 0.4) is 0 Å². The van der Waals surface area contributed by atoms with Crippen LogP contribution in [0.15, 0.2) is 11.4 Å². The van der Waals surface area contributed by atoms with E-state index in [1.165, 1.54) is 5.56 Å². The summed E-state index contributed by atoms with van der Waals surface area (Å²) in [6.07, 6.45) is 1.12. The Kier molecular flexibility index (Phi) is 2.89. The molecule has 1 aromatic rings. The largest absolute Gasteiger partial charge is 0.326 e. The predicted molar refractivity (Wildman–Crippen MR) is 57.2 cm³/mol. The summed E-state index contributed by atoms with van der Waals surface area (Å²) in [5.41, 5.74) is 7.13. The van der Waals surface area contributed by atoms with Crippen molar-refractivity contribution in [2.45, 2.75) is 19.0 Å². The van der Waals surface area contributed by atoms with E-state index in [4.69, 9.17) is 17.3 Å². The summed E-state index contributed by atoms with van der Waals surface area (Å²) in [6.45, 7) is 3.14. The van der Waals surface area contributed by atoms with Gasteiger partial charge in [0.25, 0.3) is 0 Å². The summed E-state index contributed by atoms with van der Waals surface area (Å²) in [5.74, 6) is 0. The summed E-state index contributed by atoms with van der Waals surface area (Å²) >= 11 is 7.45. The number of rotatable bonds is 2. The molecule has 1 unspecified atom stereocenters. The van der Waals surface area contributed by atoms with Gasteiger partial charge in [-0.1, -0.05) is 11.6 Å². The highest BCUT2D eigenvalue weighted by Gasteiger charge is 2.18. The quantitative estimate of drug-likeness (QED) is 0.819. The summed E-state index contributed by atoms with van der Waals surface area (Å²) < 4.78 is 0.874. The van der Waals surface area contributed by atoms with Gasteiger partial charge in [-0.05, 0) is 23.4 Å². The fourth-order valence-electron chi connectivity index (χ4n) is 1.69. The van der Waals surface area contributed by atoms with E-state index in [-0.39, 0.29) is 0 Å². The third-order valence-electron chi connectivity index (χ3n) is 2.34. The number of hydrogen-bond acceptors (Lipinski definition) is 3. The van der Waals surface area contributed by atoms with Gasteiger partial charge in [0.15, 0.2) is 0 Å². The van der Waals surface area contributed by atoms with Crippen LogP contribution in [0.1, 0.15) is 12.0 Å². The standard InChI is InChI=1S/C9H13ClN2S/c10-9-3-7(6-13-9)4-12-2-1-8(11)5-12/h3,6,8H,1-2,4-5,11H2. The van der Waals surface area contributed by atoms with Gasteiger partial charge in [0.1, 0.15) is 0 Å². The number of thiophene rings is 1. The van der Waals surface area contributed by atoms with E-state index in [1.807, 2.05) is 6.07 Å². The van der Waals surface area contributed by atoms with Gasteiger partial charge in [-0.3, -0.25) is 4.90 Å². The number of likely N-dealkylation sites (tertiary alicyclic amines) is 1. The van der Waals surface area contributed by atoms with Gasteiger partial charge in [0.05, 0.1) is 4.34 Å². The van der Waals surface area contributed by atoms with Gasteiger partial charge >= 0.3 is 0 Å². The molecule has 2 N–H and O–H groups in total. The average Bonchev–Trinajstić information content (AvgIpc) is 2.62. The molecule has 0 bridgehead atoms. The van der Waals surface area contributed by atoms with Gasteiger partial charge in [0, 0.05) is 25.7 Å². The van der Waals surface area contributed by atoms with E-state index >= 15 is 0 Å². The third kappa shape index (κ3) is 2.44. The van der Waals surface area contributed by atoms with E-state index < -0.39 is 0 Å². The molecule has 13 heavy (non-hydrogen) atoms. The molecule has 72 valence electrons. The predicted octanol–water partition coefficient (Wildman–Crippen LogP) is 1.93. The van der Waals surface area contributed by atoms with E-state index in [0.29, 0.717) is 6.04 Å². The lowest BCUT2D eigenvalue weighted by Crippen LogP contribution is -2.26. The molecule has 0 saturated carbocycles. The lowest BCUT2D eigenvalue weighted by atomic mass is 10.3. The first-order chi connectivity index (χ1) is 6.24. The molecule has 1 aliphatic rings. The highest BCUT2D eigenvalue weighted by atomic mass is 35.5. The number of nitrogens with two attached hydrogens (primary N) is 1. The molecular weight excluding hydrogens is 204 g/mol. The molecule has 0 aliphatic carbocycles. The van der Waals surface area contributed by atoms with Crippen molar-refractivity contribution in [3.05, 3.63) is 21.3 Å². The van der Waals surface area contributed by atoms with Crippen LogP contribution in [0, 0.1) is 0 Å². The van der Waals surface area contributed by atoms with Gasteiger partial charge in [-0.25, -0.2) is 0 Å². The van der Waals surface area contributed by atoms with Crippen LogP contribution in [0.2, 0.25) is 4.34 Å². The molecule has 0 aromatic carbocycles. The molecule has 0 spiro atoms. The third-order valence-corrected chi connectivity index (χ3v) is 3.48. The molecule has 4 heteroatoms. The Balaban J connectivity index is 1.91. The van der Waals surface area contributed by atoms with E-state index in [0.717, 1.165) is 30.4 Å². The second-order valence-corrected chi connectivity index (χ2v) is 5.09. The minimum Gasteiger partial charge on any atom is -0.326 e. The Morgan fingerprint density at radius 2 is 2.54 bits per heavy atom. The van der Waals surface area contributed by atoms with Gasteiger partial charge in [-0.2, -0.15) is 0 Å². The maximum absolute atomic E-state index is 5.85. The van der Waals surface area contributed by atoms with Crippen molar-refractivity contribution >= 4 is 22.9 Å². The Bertz CT molecular complexity index is 287. The second-order valence-electron chi connectivity index (χ2n) is 3.54. The smallest absolute Gasteiger partial charge is 0.0931 e. The zero-order valence-electron chi connectivity index (χ0n) is 7.37. The first kappa shape index (κ1) is 9.46. The van der Waals surface area contributed by atoms with E-state index in [2.05, 4.69) is 10.3 Å². The molecule has 1 aliphatic heterocycles. The molecule has 1 aromatic heterocycles. The van der Waals surface area contributed by atoms with Crippen molar-refractivity contribution in [3.63, 3.8) is 0 Å². The Labute approximate surface area is 87.3 Å². The zero-order chi connectivity index (χ0) is 9.26. The van der Waals surface area contributed by atoms with Crippen LogP contribution < -0.4 is 5.73 Å². The molecule has 1 saturated heterocycles. The normalized spacial score (nSPS) is 24.0. The molecule has 2 nitrogen and oxygen atoms in total. The Morgan fingerprint density at radius 1 is 1.69 bits per heavy atom. The molecule has 2 heterocycles. The van der Waals surface area contributed by atoms with Crippen LogP contribution in [-0.2, 0) is 6.54 Å². The van der Waals surface area contributed by atoms with Gasteiger partial charge < -0.3 is 5.73 Å². The van der Waals surface area contributed by atoms with Crippen molar-refractivity contribution < 1.29 is 0 Å². The lowest BCUT2D eigenvalue weighted by molar-refractivity contribution is 0.327. The van der Waals surface area contributed by atoms with Gasteiger partial charge in [-0.15, -0.1) is 11.3 Å². The fraction of sp³-hybridized carbons (Fsp3) is 0.556. The highest BCUT2D eigenvalue weighted by Crippen LogP contribution is 2.22. The fourth-order valence-corrected chi connectivity index (χ4v) is 2.59. The molecule has 1 atom stereocenters. The summed E-state index contributed by atoms with van der Waals surface area (Å²) in [5, 5.41) is 2.12. The van der Waals surface area contributed by atoms with E-state index in [1.54, 1.807) is 11.3 Å². The van der Waals surface area contributed by atoms with Crippen LogP contribution in [-0.4, -0.2) is 24.0 Å². The monoisotopic (exact) mass is 216 g/mol. The Morgan fingerprint density at radius 3 is 3.08 bits per heavy atom. The van der Waals surface area contributed by atoms with E-state index in [9.17, 15) is 0 Å². The van der Waals surface area contributed by atoms with Crippen LogP contribution in [0.5, 0.6) is 0 Å². The van der Waals surface area contributed by atoms with Crippen LogP contribution in [0.4, 0.5) is 0 Å². The summed E-state index contributed by atoms with van der Waals surface area (Å²) in [4.78, 5) is 2.38. The van der Waals surface area contributed by atoms with Crippen molar-refractivity contribution in [2.75, 3.05) is 13.1 Å². The van der Waals surface area contributed by atoms with Gasteiger partial charge in [0.2, 0.25) is 0 Å². The molecule has 0 radical (unpaired) electrons. The van der Waals surface area contributed by atoms with Crippen LogP contribution in [0.25, 0.3) is 0 Å². The molecule has 2 rings (SSSR count). The van der Waals surface area contributed by atoms with Crippen molar-refractivity contribution in [3.8, 4) is 0 Å². The zero-order valence-corrected chi connectivity index (χ0v) is 8.94. The number of hydrogen-bond donors (Lipinski definition) is 1. The summed E-state index contributed by atoms with van der Waals surface area (Å²) in [6, 6.07) is 2.41. The first-order valence-corrected chi connectivity index (χ1v) is 5.70. The number of halogens is 1. The Hall–Kier alpha value is -0.0900. The number of nitrogens with zero attached hydrogens (tertiary/aromatic N) is 1.